The first-order valence-corrected chi connectivity index (χ1v) is 6.96. The summed E-state index contributed by atoms with van der Waals surface area (Å²) < 4.78 is 0. The lowest BCUT2D eigenvalue weighted by atomic mass is 9.92. The van der Waals surface area contributed by atoms with Gasteiger partial charge in [-0.2, -0.15) is 0 Å². The normalized spacial score (nSPS) is 20.1. The van der Waals surface area contributed by atoms with Gasteiger partial charge in [0.15, 0.2) is 0 Å². The Bertz CT molecular complexity index is 210. The Kier molecular flexibility index (Phi) is 5.90. The topological polar surface area (TPSA) is 26.7 Å². The third kappa shape index (κ3) is 4.94. The Balaban J connectivity index is 2.25. The van der Waals surface area contributed by atoms with Gasteiger partial charge in [0.1, 0.15) is 0 Å². The maximum Gasteiger partial charge on any atom is 0.0448 e. The quantitative estimate of drug-likeness (QED) is 0.769. The molecule has 0 spiro atoms. The second-order valence-electron chi connectivity index (χ2n) is 6.24. The lowest BCUT2D eigenvalue weighted by molar-refractivity contribution is 0.103. The third-order valence-electron chi connectivity index (χ3n) is 4.47. The molecule has 0 amide bonds. The van der Waals surface area contributed by atoms with Gasteiger partial charge in [0, 0.05) is 12.1 Å². The molecule has 0 atom stereocenters. The Morgan fingerprint density at radius 3 is 2.41 bits per heavy atom. The summed E-state index contributed by atoms with van der Waals surface area (Å²) in [5.74, 6) is 0.901. The highest BCUT2D eigenvalue weighted by molar-refractivity contribution is 4.80. The number of likely N-dealkylation sites (tertiary alicyclic amines) is 1. The number of aliphatic hydroxyl groups excluding tert-OH is 1. The average Bonchev–Trinajstić information content (AvgIpc) is 2.27. The summed E-state index contributed by atoms with van der Waals surface area (Å²) in [5, 5.41) is 9.06. The van der Waals surface area contributed by atoms with E-state index < -0.39 is 0 Å². The first kappa shape index (κ1) is 14.9. The number of piperidine rings is 1. The largest absolute Gasteiger partial charge is 0.396 e. The van der Waals surface area contributed by atoms with E-state index in [0.717, 1.165) is 18.9 Å². The standard InChI is InChI=1S/C14H30N2O/c1-14(2,8-12-17)16(4)11-7-13-5-9-15(3)10-6-13/h13,17H,5-12H2,1-4H3. The van der Waals surface area contributed by atoms with E-state index in [1.54, 1.807) is 0 Å². The zero-order valence-corrected chi connectivity index (χ0v) is 12.1. The van der Waals surface area contributed by atoms with Crippen molar-refractivity contribution in [2.75, 3.05) is 40.3 Å². The highest BCUT2D eigenvalue weighted by Gasteiger charge is 2.24. The molecule has 0 radical (unpaired) electrons. The van der Waals surface area contributed by atoms with Crippen LogP contribution >= 0.6 is 0 Å². The van der Waals surface area contributed by atoms with Crippen LogP contribution in [0.3, 0.4) is 0 Å². The van der Waals surface area contributed by atoms with E-state index in [2.05, 4.69) is 37.7 Å². The Labute approximate surface area is 107 Å². The van der Waals surface area contributed by atoms with Gasteiger partial charge in [-0.3, -0.25) is 0 Å². The molecule has 1 N–H and O–H groups in total. The Hall–Kier alpha value is -0.120. The summed E-state index contributed by atoms with van der Waals surface area (Å²) in [6, 6.07) is 0. The molecular formula is C14H30N2O. The molecule has 0 aromatic heterocycles. The molecule has 0 saturated carbocycles. The predicted molar refractivity (Wildman–Crippen MR) is 73.2 cm³/mol. The summed E-state index contributed by atoms with van der Waals surface area (Å²) in [6.45, 7) is 8.39. The first-order chi connectivity index (χ1) is 7.95. The number of aliphatic hydroxyl groups is 1. The minimum absolute atomic E-state index is 0.125. The van der Waals surface area contributed by atoms with Gasteiger partial charge in [-0.15, -0.1) is 0 Å². The van der Waals surface area contributed by atoms with Gasteiger partial charge in [-0.05, 0) is 79.2 Å². The molecule has 17 heavy (non-hydrogen) atoms. The van der Waals surface area contributed by atoms with Crippen molar-refractivity contribution in [3.05, 3.63) is 0 Å². The van der Waals surface area contributed by atoms with Crippen LogP contribution in [0.15, 0.2) is 0 Å². The van der Waals surface area contributed by atoms with Crippen LogP contribution in [0.25, 0.3) is 0 Å². The summed E-state index contributed by atoms with van der Waals surface area (Å²) >= 11 is 0. The van der Waals surface area contributed by atoms with Crippen molar-refractivity contribution in [1.82, 2.24) is 9.80 Å². The van der Waals surface area contributed by atoms with Gasteiger partial charge in [0.25, 0.3) is 0 Å². The molecule has 102 valence electrons. The van der Waals surface area contributed by atoms with Crippen molar-refractivity contribution in [3.8, 4) is 0 Å². The average molecular weight is 242 g/mol. The minimum atomic E-state index is 0.125. The van der Waals surface area contributed by atoms with Crippen LogP contribution in [0.1, 0.15) is 39.5 Å². The molecule has 0 bridgehead atoms. The lowest BCUT2D eigenvalue weighted by Crippen LogP contribution is -2.43. The predicted octanol–water partition coefficient (Wildman–Crippen LogP) is 1.81. The molecule has 1 fully saturated rings. The molecule has 1 saturated heterocycles. The molecule has 0 aliphatic carbocycles. The zero-order chi connectivity index (χ0) is 12.9. The molecule has 0 aromatic rings. The van der Waals surface area contributed by atoms with Crippen LogP contribution in [-0.4, -0.2) is 60.8 Å². The molecule has 1 aliphatic rings. The molecule has 1 aliphatic heterocycles. The van der Waals surface area contributed by atoms with E-state index in [1.165, 1.54) is 32.4 Å². The van der Waals surface area contributed by atoms with Crippen molar-refractivity contribution in [2.24, 2.45) is 5.92 Å². The van der Waals surface area contributed by atoms with E-state index in [9.17, 15) is 0 Å². The van der Waals surface area contributed by atoms with Crippen molar-refractivity contribution in [1.29, 1.82) is 0 Å². The van der Waals surface area contributed by atoms with E-state index in [4.69, 9.17) is 5.11 Å². The molecular weight excluding hydrogens is 212 g/mol. The van der Waals surface area contributed by atoms with E-state index in [0.29, 0.717) is 0 Å². The van der Waals surface area contributed by atoms with Crippen LogP contribution < -0.4 is 0 Å². The van der Waals surface area contributed by atoms with Gasteiger partial charge in [0.2, 0.25) is 0 Å². The zero-order valence-electron chi connectivity index (χ0n) is 12.1. The Morgan fingerprint density at radius 1 is 1.29 bits per heavy atom. The SMILES string of the molecule is CN1CCC(CCN(C)C(C)(C)CCO)CC1. The van der Waals surface area contributed by atoms with Crippen molar-refractivity contribution in [2.45, 2.75) is 45.1 Å². The monoisotopic (exact) mass is 242 g/mol. The fourth-order valence-electron chi connectivity index (χ4n) is 2.49. The number of hydrogen-bond donors (Lipinski definition) is 1. The maximum atomic E-state index is 9.06. The summed E-state index contributed by atoms with van der Waals surface area (Å²) in [6.07, 6.45) is 4.87. The highest BCUT2D eigenvalue weighted by atomic mass is 16.3. The highest BCUT2D eigenvalue weighted by Crippen LogP contribution is 2.22. The summed E-state index contributed by atoms with van der Waals surface area (Å²) in [7, 11) is 4.40. The van der Waals surface area contributed by atoms with Gasteiger partial charge in [0.05, 0.1) is 0 Å². The molecule has 0 unspecified atom stereocenters. The fourth-order valence-corrected chi connectivity index (χ4v) is 2.49. The van der Waals surface area contributed by atoms with Crippen LogP contribution in [0.4, 0.5) is 0 Å². The summed E-state index contributed by atoms with van der Waals surface area (Å²) in [5.41, 5.74) is 0.125. The van der Waals surface area contributed by atoms with Crippen molar-refractivity contribution in [3.63, 3.8) is 0 Å². The van der Waals surface area contributed by atoms with Crippen LogP contribution in [0.5, 0.6) is 0 Å². The number of nitrogens with zero attached hydrogens (tertiary/aromatic N) is 2. The van der Waals surface area contributed by atoms with Gasteiger partial charge in [-0.25, -0.2) is 0 Å². The molecule has 1 heterocycles. The second-order valence-corrected chi connectivity index (χ2v) is 6.24. The van der Waals surface area contributed by atoms with E-state index in [1.807, 2.05) is 0 Å². The number of rotatable bonds is 6. The lowest BCUT2D eigenvalue weighted by Gasteiger charge is -2.37. The van der Waals surface area contributed by atoms with Gasteiger partial charge in [-0.1, -0.05) is 0 Å². The molecule has 3 heteroatoms. The van der Waals surface area contributed by atoms with Crippen molar-refractivity contribution >= 4 is 0 Å². The van der Waals surface area contributed by atoms with E-state index >= 15 is 0 Å². The van der Waals surface area contributed by atoms with Crippen molar-refractivity contribution < 1.29 is 5.11 Å². The third-order valence-corrected chi connectivity index (χ3v) is 4.47. The van der Waals surface area contributed by atoms with Crippen LogP contribution in [0.2, 0.25) is 0 Å². The minimum Gasteiger partial charge on any atom is -0.396 e. The first-order valence-electron chi connectivity index (χ1n) is 6.96. The smallest absolute Gasteiger partial charge is 0.0448 e. The molecule has 1 rings (SSSR count). The van der Waals surface area contributed by atoms with Crippen LogP contribution in [-0.2, 0) is 0 Å². The maximum absolute atomic E-state index is 9.06. The Morgan fingerprint density at radius 2 is 1.88 bits per heavy atom. The molecule has 3 nitrogen and oxygen atoms in total. The van der Waals surface area contributed by atoms with Crippen LogP contribution in [0, 0.1) is 5.92 Å². The number of hydrogen-bond acceptors (Lipinski definition) is 3. The molecule has 0 aromatic carbocycles. The van der Waals surface area contributed by atoms with Gasteiger partial charge < -0.3 is 14.9 Å². The van der Waals surface area contributed by atoms with Gasteiger partial charge >= 0.3 is 0 Å². The summed E-state index contributed by atoms with van der Waals surface area (Å²) in [4.78, 5) is 4.83. The fraction of sp³-hybridized carbons (Fsp3) is 1.00. The van der Waals surface area contributed by atoms with E-state index in [-0.39, 0.29) is 12.1 Å². The second kappa shape index (κ2) is 6.72.